The summed E-state index contributed by atoms with van der Waals surface area (Å²) in [6.45, 7) is 3.21. The summed E-state index contributed by atoms with van der Waals surface area (Å²) in [4.78, 5) is 14.5. The smallest absolute Gasteiger partial charge is 0.253 e. The van der Waals surface area contributed by atoms with Gasteiger partial charge >= 0.3 is 0 Å². The van der Waals surface area contributed by atoms with Gasteiger partial charge in [0.15, 0.2) is 0 Å². The van der Waals surface area contributed by atoms with Gasteiger partial charge in [0.05, 0.1) is 12.1 Å². The summed E-state index contributed by atoms with van der Waals surface area (Å²) in [5.41, 5.74) is 0. The zero-order valence-corrected chi connectivity index (χ0v) is 16.4. The molecule has 2 aromatic carbocycles. The summed E-state index contributed by atoms with van der Waals surface area (Å²) in [5.74, 6) is 0.317. The van der Waals surface area contributed by atoms with E-state index in [0.29, 0.717) is 12.3 Å². The Labute approximate surface area is 157 Å². The molecule has 0 aromatic heterocycles. The molecule has 2 fully saturated rings. The van der Waals surface area contributed by atoms with Gasteiger partial charge in [-0.15, -0.1) is 0 Å². The van der Waals surface area contributed by atoms with Gasteiger partial charge in [0.1, 0.15) is 0 Å². The first-order valence-electron chi connectivity index (χ1n) is 9.77. The van der Waals surface area contributed by atoms with Crippen LogP contribution in [0.15, 0.2) is 60.7 Å². The Hall–Kier alpha value is -1.91. The predicted octanol–water partition coefficient (Wildman–Crippen LogP) is 2.94. The van der Waals surface area contributed by atoms with Gasteiger partial charge in [-0.05, 0) is 42.6 Å². The van der Waals surface area contributed by atoms with E-state index in [1.807, 2.05) is 0 Å². The van der Waals surface area contributed by atoms with Crippen LogP contribution in [0.1, 0.15) is 32.1 Å². The van der Waals surface area contributed by atoms with Crippen molar-refractivity contribution < 1.29 is 9.22 Å². The maximum absolute atomic E-state index is 12.4. The maximum atomic E-state index is 12.4. The van der Waals surface area contributed by atoms with E-state index in [1.165, 1.54) is 10.4 Å². The van der Waals surface area contributed by atoms with Crippen molar-refractivity contribution >= 4 is 24.6 Å². The molecule has 0 spiro atoms. The molecule has 0 bridgehead atoms. The van der Waals surface area contributed by atoms with E-state index >= 15 is 0 Å². The third kappa shape index (κ3) is 3.24. The van der Waals surface area contributed by atoms with Crippen molar-refractivity contribution in [3.8, 4) is 0 Å². The van der Waals surface area contributed by atoms with E-state index in [9.17, 15) is 4.79 Å². The van der Waals surface area contributed by atoms with Gasteiger partial charge in [0, 0.05) is 13.0 Å². The normalized spacial score (nSPS) is 23.6. The highest BCUT2D eigenvalue weighted by Crippen LogP contribution is 2.30. The van der Waals surface area contributed by atoms with Crippen molar-refractivity contribution in [3.05, 3.63) is 60.7 Å². The van der Waals surface area contributed by atoms with Crippen LogP contribution in [0, 0.1) is 0 Å². The fraction of sp³-hybridized carbons (Fsp3) is 0.409. The minimum atomic E-state index is -2.33. The number of hydrogen-bond acceptors (Lipinski definition) is 2. The summed E-state index contributed by atoms with van der Waals surface area (Å²) in [7, 11) is -2.33. The lowest BCUT2D eigenvalue weighted by atomic mass is 9.90. The van der Waals surface area contributed by atoms with Crippen LogP contribution in [0.4, 0.5) is 0 Å². The first-order valence-corrected chi connectivity index (χ1v) is 12.2. The van der Waals surface area contributed by atoms with Crippen LogP contribution >= 0.6 is 0 Å². The first-order chi connectivity index (χ1) is 12.7. The molecule has 0 saturated carbocycles. The molecular weight excluding hydrogens is 338 g/mol. The third-order valence-corrected chi connectivity index (χ3v) is 9.61. The molecule has 0 aliphatic carbocycles. The van der Waals surface area contributed by atoms with E-state index in [1.54, 1.807) is 0 Å². The molecule has 2 aromatic rings. The molecule has 2 aliphatic heterocycles. The minimum absolute atomic E-state index is 0.144. The van der Waals surface area contributed by atoms with E-state index < -0.39 is 8.32 Å². The van der Waals surface area contributed by atoms with Crippen LogP contribution in [0.25, 0.3) is 0 Å². The molecule has 2 heterocycles. The van der Waals surface area contributed by atoms with Gasteiger partial charge in [0.2, 0.25) is 5.91 Å². The van der Waals surface area contributed by atoms with Crippen molar-refractivity contribution in [1.82, 2.24) is 4.90 Å². The highest BCUT2D eigenvalue weighted by molar-refractivity contribution is 6.96. The number of amides is 1. The van der Waals surface area contributed by atoms with Gasteiger partial charge < -0.3 is 9.33 Å². The number of carbonyl (C=O) groups excluding carboxylic acids is 1. The number of nitrogens with zero attached hydrogens (tertiary/aromatic N) is 1. The van der Waals surface area contributed by atoms with Crippen LogP contribution in [0.5, 0.6) is 0 Å². The van der Waals surface area contributed by atoms with E-state index in [-0.39, 0.29) is 12.1 Å². The summed E-state index contributed by atoms with van der Waals surface area (Å²) < 4.78 is 7.01. The molecule has 26 heavy (non-hydrogen) atoms. The average molecular weight is 366 g/mol. The number of fused-ring (bicyclic) bond motifs is 1. The van der Waals surface area contributed by atoms with Gasteiger partial charge in [-0.2, -0.15) is 0 Å². The fourth-order valence-electron chi connectivity index (χ4n) is 4.53. The summed E-state index contributed by atoms with van der Waals surface area (Å²) in [5, 5.41) is 2.59. The molecule has 0 unspecified atom stereocenters. The molecule has 2 aliphatic rings. The SMILES string of the molecule is C[Si](O[C@@H]1CCCN2C(=O)CCC[C@@H]12)(c1ccccc1)c1ccccc1. The van der Waals surface area contributed by atoms with Gasteiger partial charge in [-0.25, -0.2) is 0 Å². The van der Waals surface area contributed by atoms with E-state index in [4.69, 9.17) is 4.43 Å². The summed E-state index contributed by atoms with van der Waals surface area (Å²) in [6, 6.07) is 21.6. The molecule has 4 rings (SSSR count). The van der Waals surface area contributed by atoms with Crippen LogP contribution < -0.4 is 10.4 Å². The second-order valence-corrected chi connectivity index (χ2v) is 11.1. The van der Waals surface area contributed by atoms with Crippen LogP contribution in [0.3, 0.4) is 0 Å². The fourth-order valence-corrected chi connectivity index (χ4v) is 7.68. The molecule has 3 nitrogen and oxygen atoms in total. The molecule has 2 atom stereocenters. The molecular formula is C22H27NO2Si. The van der Waals surface area contributed by atoms with Crippen molar-refractivity contribution in [1.29, 1.82) is 0 Å². The van der Waals surface area contributed by atoms with Gasteiger partial charge in [0.25, 0.3) is 8.32 Å². The maximum Gasteiger partial charge on any atom is 0.253 e. The molecule has 136 valence electrons. The average Bonchev–Trinajstić information content (AvgIpc) is 2.70. The summed E-state index contributed by atoms with van der Waals surface area (Å²) in [6.07, 6.45) is 5.01. The second-order valence-electron chi connectivity index (χ2n) is 7.61. The number of carbonyl (C=O) groups is 1. The van der Waals surface area contributed by atoms with Gasteiger partial charge in [-0.1, -0.05) is 60.7 Å². The largest absolute Gasteiger partial charge is 0.403 e. The molecule has 1 amide bonds. The second kappa shape index (κ2) is 7.37. The zero-order chi connectivity index (χ0) is 18.0. The van der Waals surface area contributed by atoms with E-state index in [2.05, 4.69) is 72.1 Å². The molecule has 2 saturated heterocycles. The van der Waals surface area contributed by atoms with Crippen molar-refractivity contribution in [2.75, 3.05) is 6.54 Å². The Balaban J connectivity index is 1.68. The number of benzene rings is 2. The molecule has 0 N–H and O–H groups in total. The third-order valence-electron chi connectivity index (χ3n) is 5.96. The Bertz CT molecular complexity index is 710. The number of piperidine rings is 2. The van der Waals surface area contributed by atoms with Crippen molar-refractivity contribution in [2.24, 2.45) is 0 Å². The highest BCUT2D eigenvalue weighted by atomic mass is 28.4. The first kappa shape index (κ1) is 17.5. The Morgan fingerprint density at radius 2 is 1.54 bits per heavy atom. The van der Waals surface area contributed by atoms with Crippen LogP contribution in [-0.4, -0.2) is 37.8 Å². The van der Waals surface area contributed by atoms with Crippen LogP contribution in [0.2, 0.25) is 6.55 Å². The lowest BCUT2D eigenvalue weighted by molar-refractivity contribution is -0.142. The monoisotopic (exact) mass is 365 g/mol. The Morgan fingerprint density at radius 3 is 2.15 bits per heavy atom. The number of rotatable bonds is 4. The highest BCUT2D eigenvalue weighted by Gasteiger charge is 2.43. The molecule has 0 radical (unpaired) electrons. The summed E-state index contributed by atoms with van der Waals surface area (Å²) >= 11 is 0. The molecule has 4 heteroatoms. The van der Waals surface area contributed by atoms with Gasteiger partial charge in [-0.3, -0.25) is 4.79 Å². The lowest BCUT2D eigenvalue weighted by Gasteiger charge is -2.46. The minimum Gasteiger partial charge on any atom is -0.403 e. The topological polar surface area (TPSA) is 29.5 Å². The Morgan fingerprint density at radius 1 is 0.923 bits per heavy atom. The number of hydrogen-bond donors (Lipinski definition) is 0. The van der Waals surface area contributed by atoms with E-state index in [0.717, 1.165) is 32.2 Å². The quantitative estimate of drug-likeness (QED) is 0.780. The van der Waals surface area contributed by atoms with Crippen molar-refractivity contribution in [2.45, 2.75) is 50.8 Å². The standard InChI is InChI=1S/C22H27NO2Si/c1-26(18-10-4-2-5-11-18,19-12-6-3-7-13-19)25-21-15-9-17-23-20(21)14-8-16-22(23)24/h2-7,10-13,20-21H,8-9,14-17H2,1H3/t20-,21+/m0/s1. The van der Waals surface area contributed by atoms with Crippen molar-refractivity contribution in [3.63, 3.8) is 0 Å². The van der Waals surface area contributed by atoms with Crippen LogP contribution in [-0.2, 0) is 9.22 Å². The lowest BCUT2D eigenvalue weighted by Crippen LogP contribution is -2.64. The zero-order valence-electron chi connectivity index (χ0n) is 15.4. The predicted molar refractivity (Wildman–Crippen MR) is 107 cm³/mol. The Kier molecular flexibility index (Phi) is 4.96.